The van der Waals surface area contributed by atoms with Crippen LogP contribution < -0.4 is 5.73 Å². The van der Waals surface area contributed by atoms with Gasteiger partial charge in [0.15, 0.2) is 0 Å². The van der Waals surface area contributed by atoms with Gasteiger partial charge < -0.3 is 15.2 Å². The van der Waals surface area contributed by atoms with E-state index in [1.54, 1.807) is 6.92 Å². The molecule has 0 aliphatic carbocycles. The number of aryl methyl sites for hydroxylation is 2. The van der Waals surface area contributed by atoms with E-state index in [0.29, 0.717) is 29.3 Å². The zero-order valence-electron chi connectivity index (χ0n) is 17.4. The first kappa shape index (κ1) is 22.9. The Bertz CT molecular complexity index is 783. The Balaban J connectivity index is 1.61. The topological polar surface area (TPSA) is 78.6 Å². The van der Waals surface area contributed by atoms with Crippen molar-refractivity contribution in [1.29, 1.82) is 0 Å². The van der Waals surface area contributed by atoms with Gasteiger partial charge in [-0.3, -0.25) is 0 Å². The summed E-state index contributed by atoms with van der Waals surface area (Å²) in [6.45, 7) is 4.36. The lowest BCUT2D eigenvalue weighted by molar-refractivity contribution is 0.0517. The second-order valence-corrected chi connectivity index (χ2v) is 8.06. The summed E-state index contributed by atoms with van der Waals surface area (Å²) in [6.07, 6.45) is 7.73. The molecule has 2 N–H and O–H groups in total. The summed E-state index contributed by atoms with van der Waals surface area (Å²) in [7, 11) is 0. The van der Waals surface area contributed by atoms with Crippen molar-refractivity contribution in [2.45, 2.75) is 58.8 Å². The molecule has 0 fully saturated rings. The molecule has 5 nitrogen and oxygen atoms in total. The second kappa shape index (κ2) is 12.3. The van der Waals surface area contributed by atoms with Crippen molar-refractivity contribution in [1.82, 2.24) is 0 Å². The SMILES string of the molecule is CCOC(=O)c1ccc(CCCCCCCc2cc(C(=O)OCC)c(N)s2)cc1. The van der Waals surface area contributed by atoms with E-state index in [4.69, 9.17) is 15.2 Å². The first-order valence-electron chi connectivity index (χ1n) is 10.4. The highest BCUT2D eigenvalue weighted by Gasteiger charge is 2.14. The van der Waals surface area contributed by atoms with Gasteiger partial charge in [0.2, 0.25) is 0 Å². The van der Waals surface area contributed by atoms with Crippen LogP contribution in [-0.2, 0) is 22.3 Å². The van der Waals surface area contributed by atoms with E-state index >= 15 is 0 Å². The highest BCUT2D eigenvalue weighted by atomic mass is 32.1. The van der Waals surface area contributed by atoms with Gasteiger partial charge in [0.05, 0.1) is 24.3 Å². The number of nitrogen functional groups attached to an aromatic ring is 1. The van der Waals surface area contributed by atoms with Gasteiger partial charge in [0.25, 0.3) is 0 Å². The predicted molar refractivity (Wildman–Crippen MR) is 118 cm³/mol. The number of rotatable bonds is 12. The lowest BCUT2D eigenvalue weighted by atomic mass is 10.0. The average molecular weight is 418 g/mol. The van der Waals surface area contributed by atoms with Gasteiger partial charge in [-0.2, -0.15) is 0 Å². The minimum atomic E-state index is -0.331. The Morgan fingerprint density at radius 3 is 2.10 bits per heavy atom. The molecule has 2 aromatic rings. The zero-order chi connectivity index (χ0) is 21.1. The number of esters is 2. The van der Waals surface area contributed by atoms with E-state index in [1.165, 1.54) is 29.7 Å². The fourth-order valence-electron chi connectivity index (χ4n) is 3.13. The molecule has 158 valence electrons. The van der Waals surface area contributed by atoms with Crippen molar-refractivity contribution >= 4 is 28.3 Å². The minimum Gasteiger partial charge on any atom is -0.462 e. The Hall–Kier alpha value is -2.34. The molecule has 0 bridgehead atoms. The molecular formula is C23H31NO4S. The number of anilines is 1. The van der Waals surface area contributed by atoms with E-state index in [2.05, 4.69) is 0 Å². The number of thiophene rings is 1. The van der Waals surface area contributed by atoms with Gasteiger partial charge in [0.1, 0.15) is 5.00 Å². The summed E-state index contributed by atoms with van der Waals surface area (Å²) in [4.78, 5) is 24.6. The standard InChI is InChI=1S/C23H31NO4S/c1-3-27-22(25)18-14-12-17(13-15-18)10-8-6-5-7-9-11-19-16-20(21(24)29-19)23(26)28-4-2/h12-16H,3-11,24H2,1-2H3. The van der Waals surface area contributed by atoms with Crippen LogP contribution in [-0.4, -0.2) is 25.2 Å². The van der Waals surface area contributed by atoms with Crippen LogP contribution in [0.2, 0.25) is 0 Å². The molecule has 0 radical (unpaired) electrons. The summed E-state index contributed by atoms with van der Waals surface area (Å²) in [6, 6.07) is 9.57. The Labute approximate surface area is 177 Å². The molecule has 1 aromatic carbocycles. The number of hydrogen-bond acceptors (Lipinski definition) is 6. The number of hydrogen-bond donors (Lipinski definition) is 1. The van der Waals surface area contributed by atoms with Crippen LogP contribution in [0.15, 0.2) is 30.3 Å². The van der Waals surface area contributed by atoms with Crippen LogP contribution in [0, 0.1) is 0 Å². The number of carbonyl (C=O) groups is 2. The molecule has 0 saturated carbocycles. The largest absolute Gasteiger partial charge is 0.462 e. The molecule has 2 rings (SSSR count). The quantitative estimate of drug-likeness (QED) is 0.368. The summed E-state index contributed by atoms with van der Waals surface area (Å²) < 4.78 is 10.0. The maximum Gasteiger partial charge on any atom is 0.341 e. The lowest BCUT2D eigenvalue weighted by Crippen LogP contribution is -2.05. The predicted octanol–water partition coefficient (Wildman–Crippen LogP) is 5.42. The molecule has 0 amide bonds. The molecule has 29 heavy (non-hydrogen) atoms. The summed E-state index contributed by atoms with van der Waals surface area (Å²) in [5, 5.41) is 0.549. The normalized spacial score (nSPS) is 10.7. The summed E-state index contributed by atoms with van der Waals surface area (Å²) in [5.41, 5.74) is 8.29. The second-order valence-electron chi connectivity index (χ2n) is 6.90. The Morgan fingerprint density at radius 1 is 0.862 bits per heavy atom. The molecule has 0 aliphatic rings. The third kappa shape index (κ3) is 7.54. The summed E-state index contributed by atoms with van der Waals surface area (Å²) >= 11 is 1.48. The van der Waals surface area contributed by atoms with Gasteiger partial charge in [-0.05, 0) is 63.3 Å². The molecule has 1 heterocycles. The highest BCUT2D eigenvalue weighted by molar-refractivity contribution is 7.16. The number of unbranched alkanes of at least 4 members (excludes halogenated alkanes) is 4. The molecule has 0 atom stereocenters. The first-order valence-corrected chi connectivity index (χ1v) is 11.2. The van der Waals surface area contributed by atoms with E-state index in [0.717, 1.165) is 37.0 Å². The van der Waals surface area contributed by atoms with Crippen LogP contribution in [0.3, 0.4) is 0 Å². The van der Waals surface area contributed by atoms with Crippen LogP contribution in [0.1, 0.15) is 77.1 Å². The van der Waals surface area contributed by atoms with Crippen LogP contribution in [0.25, 0.3) is 0 Å². The van der Waals surface area contributed by atoms with Crippen molar-refractivity contribution in [3.8, 4) is 0 Å². The van der Waals surface area contributed by atoms with Gasteiger partial charge >= 0.3 is 11.9 Å². The number of carbonyl (C=O) groups excluding carboxylic acids is 2. The summed E-state index contributed by atoms with van der Waals surface area (Å²) in [5.74, 6) is -0.594. The maximum absolute atomic E-state index is 11.8. The van der Waals surface area contributed by atoms with Crippen molar-refractivity contribution in [2.24, 2.45) is 0 Å². The molecule has 0 saturated heterocycles. The van der Waals surface area contributed by atoms with E-state index < -0.39 is 0 Å². The molecule has 0 unspecified atom stereocenters. The monoisotopic (exact) mass is 417 g/mol. The van der Waals surface area contributed by atoms with Gasteiger partial charge in [-0.25, -0.2) is 9.59 Å². The molecule has 0 spiro atoms. The van der Waals surface area contributed by atoms with Gasteiger partial charge in [-0.15, -0.1) is 11.3 Å². The van der Waals surface area contributed by atoms with E-state index in [-0.39, 0.29) is 11.9 Å². The van der Waals surface area contributed by atoms with Gasteiger partial charge in [0, 0.05) is 4.88 Å². The Morgan fingerprint density at radius 2 is 1.45 bits per heavy atom. The molecule has 1 aromatic heterocycles. The molecule has 0 aliphatic heterocycles. The maximum atomic E-state index is 11.8. The van der Waals surface area contributed by atoms with E-state index in [1.807, 2.05) is 37.3 Å². The third-order valence-electron chi connectivity index (χ3n) is 4.66. The lowest BCUT2D eigenvalue weighted by Gasteiger charge is -2.05. The van der Waals surface area contributed by atoms with Crippen molar-refractivity contribution in [3.63, 3.8) is 0 Å². The highest BCUT2D eigenvalue weighted by Crippen LogP contribution is 2.27. The molecule has 6 heteroatoms. The zero-order valence-corrected chi connectivity index (χ0v) is 18.2. The molecular weight excluding hydrogens is 386 g/mol. The first-order chi connectivity index (χ1) is 14.0. The van der Waals surface area contributed by atoms with Crippen molar-refractivity contribution in [3.05, 3.63) is 51.9 Å². The third-order valence-corrected chi connectivity index (χ3v) is 5.68. The smallest absolute Gasteiger partial charge is 0.341 e. The average Bonchev–Trinajstić information content (AvgIpc) is 3.08. The van der Waals surface area contributed by atoms with Crippen LogP contribution in [0.4, 0.5) is 5.00 Å². The minimum absolute atomic E-state index is 0.263. The van der Waals surface area contributed by atoms with Crippen LogP contribution in [0.5, 0.6) is 0 Å². The fourth-order valence-corrected chi connectivity index (χ4v) is 4.09. The number of benzene rings is 1. The van der Waals surface area contributed by atoms with Gasteiger partial charge in [-0.1, -0.05) is 31.4 Å². The number of ether oxygens (including phenoxy) is 2. The Kier molecular flexibility index (Phi) is 9.71. The van der Waals surface area contributed by atoms with Crippen molar-refractivity contribution in [2.75, 3.05) is 18.9 Å². The number of nitrogens with two attached hydrogens (primary N) is 1. The van der Waals surface area contributed by atoms with E-state index in [9.17, 15) is 9.59 Å². The van der Waals surface area contributed by atoms with Crippen LogP contribution >= 0.6 is 11.3 Å². The fraction of sp³-hybridized carbons (Fsp3) is 0.478. The van der Waals surface area contributed by atoms with Crippen molar-refractivity contribution < 1.29 is 19.1 Å².